The summed E-state index contributed by atoms with van der Waals surface area (Å²) in [5, 5.41) is 2.97. The lowest BCUT2D eigenvalue weighted by Crippen LogP contribution is -2.42. The highest BCUT2D eigenvalue weighted by Crippen LogP contribution is 2.10. The number of nitrogens with zero attached hydrogens (tertiary/aromatic N) is 3. The molecule has 1 aliphatic rings. The zero-order chi connectivity index (χ0) is 17.5. The van der Waals surface area contributed by atoms with Crippen LogP contribution in [0.4, 0.5) is 9.18 Å². The van der Waals surface area contributed by atoms with Crippen LogP contribution in [0.1, 0.15) is 17.7 Å². The summed E-state index contributed by atoms with van der Waals surface area (Å²) in [6.45, 7) is 4.61. The van der Waals surface area contributed by atoms with Crippen molar-refractivity contribution < 1.29 is 9.18 Å². The second-order valence-corrected chi connectivity index (χ2v) is 6.30. The number of rotatable bonds is 5. The SMILES string of the molecule is O=C(NCCc1cnc[nH]1)N1CCCN(Cc2ccc(F)cc2)CC1. The first kappa shape index (κ1) is 17.4. The Morgan fingerprint density at radius 1 is 1.20 bits per heavy atom. The molecule has 0 atom stereocenters. The lowest BCUT2D eigenvalue weighted by Gasteiger charge is -2.22. The molecule has 1 aromatic carbocycles. The molecule has 134 valence electrons. The third-order valence-corrected chi connectivity index (χ3v) is 4.42. The molecule has 1 saturated heterocycles. The Balaban J connectivity index is 1.42. The fraction of sp³-hybridized carbons (Fsp3) is 0.444. The number of hydrogen-bond acceptors (Lipinski definition) is 3. The van der Waals surface area contributed by atoms with Crippen molar-refractivity contribution in [2.45, 2.75) is 19.4 Å². The van der Waals surface area contributed by atoms with E-state index in [4.69, 9.17) is 0 Å². The van der Waals surface area contributed by atoms with Crippen molar-refractivity contribution in [2.75, 3.05) is 32.7 Å². The lowest BCUT2D eigenvalue weighted by molar-refractivity contribution is 0.198. The molecule has 7 heteroatoms. The van der Waals surface area contributed by atoms with E-state index >= 15 is 0 Å². The molecule has 2 aromatic rings. The molecule has 2 amide bonds. The second-order valence-electron chi connectivity index (χ2n) is 6.30. The van der Waals surface area contributed by atoms with Crippen molar-refractivity contribution in [3.63, 3.8) is 0 Å². The fourth-order valence-corrected chi connectivity index (χ4v) is 3.02. The van der Waals surface area contributed by atoms with Gasteiger partial charge in [-0.05, 0) is 24.1 Å². The molecule has 1 aromatic heterocycles. The molecule has 25 heavy (non-hydrogen) atoms. The molecular formula is C18H24FN5O. The average molecular weight is 345 g/mol. The molecule has 0 radical (unpaired) electrons. The highest BCUT2D eigenvalue weighted by atomic mass is 19.1. The summed E-state index contributed by atoms with van der Waals surface area (Å²) < 4.78 is 13.0. The Bertz CT molecular complexity index is 659. The van der Waals surface area contributed by atoms with E-state index in [0.717, 1.165) is 50.3 Å². The first-order chi connectivity index (χ1) is 12.2. The van der Waals surface area contributed by atoms with Crippen LogP contribution >= 0.6 is 0 Å². The molecule has 2 N–H and O–H groups in total. The lowest BCUT2D eigenvalue weighted by atomic mass is 10.2. The van der Waals surface area contributed by atoms with Crippen LogP contribution in [0, 0.1) is 5.82 Å². The van der Waals surface area contributed by atoms with E-state index in [1.165, 1.54) is 12.1 Å². The Kier molecular flexibility index (Phi) is 6.00. The van der Waals surface area contributed by atoms with Crippen LogP contribution in [-0.4, -0.2) is 58.5 Å². The van der Waals surface area contributed by atoms with E-state index in [2.05, 4.69) is 20.2 Å². The number of carbonyl (C=O) groups is 1. The first-order valence-electron chi connectivity index (χ1n) is 8.67. The zero-order valence-corrected chi connectivity index (χ0v) is 14.2. The van der Waals surface area contributed by atoms with Crippen LogP contribution in [-0.2, 0) is 13.0 Å². The number of imidazole rings is 1. The van der Waals surface area contributed by atoms with E-state index < -0.39 is 0 Å². The molecule has 0 aliphatic carbocycles. The van der Waals surface area contributed by atoms with Gasteiger partial charge in [0.2, 0.25) is 0 Å². The summed E-state index contributed by atoms with van der Waals surface area (Å²) in [6, 6.07) is 6.61. The van der Waals surface area contributed by atoms with Crippen molar-refractivity contribution in [1.82, 2.24) is 25.1 Å². The number of benzene rings is 1. The molecule has 2 heterocycles. The molecule has 0 unspecified atom stereocenters. The first-order valence-corrected chi connectivity index (χ1v) is 8.67. The maximum absolute atomic E-state index is 13.0. The van der Waals surface area contributed by atoms with Crippen LogP contribution in [0.15, 0.2) is 36.8 Å². The van der Waals surface area contributed by atoms with Crippen molar-refractivity contribution in [3.05, 3.63) is 53.9 Å². The van der Waals surface area contributed by atoms with Gasteiger partial charge in [-0.3, -0.25) is 4.90 Å². The van der Waals surface area contributed by atoms with Crippen LogP contribution in [0.25, 0.3) is 0 Å². The molecule has 3 rings (SSSR count). The van der Waals surface area contributed by atoms with Crippen molar-refractivity contribution in [1.29, 1.82) is 0 Å². The Hall–Kier alpha value is -2.41. The van der Waals surface area contributed by atoms with Crippen LogP contribution in [0.2, 0.25) is 0 Å². The minimum atomic E-state index is -0.211. The second kappa shape index (κ2) is 8.62. The van der Waals surface area contributed by atoms with Gasteiger partial charge in [-0.25, -0.2) is 14.2 Å². The predicted octanol–water partition coefficient (Wildman–Crippen LogP) is 2.01. The summed E-state index contributed by atoms with van der Waals surface area (Å²) in [4.78, 5) is 23.5. The van der Waals surface area contributed by atoms with Gasteiger partial charge < -0.3 is 15.2 Å². The van der Waals surface area contributed by atoms with E-state index in [1.54, 1.807) is 12.5 Å². The predicted molar refractivity (Wildman–Crippen MR) is 93.6 cm³/mol. The highest BCUT2D eigenvalue weighted by Gasteiger charge is 2.18. The Morgan fingerprint density at radius 2 is 2.04 bits per heavy atom. The number of urea groups is 1. The number of nitrogens with one attached hydrogen (secondary N) is 2. The summed E-state index contributed by atoms with van der Waals surface area (Å²) in [5.74, 6) is -0.211. The molecule has 0 bridgehead atoms. The Morgan fingerprint density at radius 3 is 2.80 bits per heavy atom. The minimum absolute atomic E-state index is 0.0110. The molecular weight excluding hydrogens is 321 g/mol. The van der Waals surface area contributed by atoms with Crippen molar-refractivity contribution in [2.24, 2.45) is 0 Å². The van der Waals surface area contributed by atoms with Gasteiger partial charge in [-0.1, -0.05) is 12.1 Å². The number of halogens is 1. The quantitative estimate of drug-likeness (QED) is 0.871. The van der Waals surface area contributed by atoms with E-state index in [0.29, 0.717) is 13.1 Å². The van der Waals surface area contributed by atoms with Gasteiger partial charge in [0.1, 0.15) is 5.82 Å². The molecule has 0 spiro atoms. The average Bonchev–Trinajstić information content (AvgIpc) is 3.02. The van der Waals surface area contributed by atoms with Gasteiger partial charge in [0.05, 0.1) is 6.33 Å². The molecule has 6 nitrogen and oxygen atoms in total. The third kappa shape index (κ3) is 5.29. The number of carbonyl (C=O) groups excluding carboxylic acids is 1. The fourth-order valence-electron chi connectivity index (χ4n) is 3.02. The van der Waals surface area contributed by atoms with E-state index in [1.807, 2.05) is 17.0 Å². The van der Waals surface area contributed by atoms with Crippen LogP contribution in [0.5, 0.6) is 0 Å². The zero-order valence-electron chi connectivity index (χ0n) is 14.2. The highest BCUT2D eigenvalue weighted by molar-refractivity contribution is 5.74. The third-order valence-electron chi connectivity index (χ3n) is 4.42. The van der Waals surface area contributed by atoms with Crippen LogP contribution in [0.3, 0.4) is 0 Å². The largest absolute Gasteiger partial charge is 0.348 e. The van der Waals surface area contributed by atoms with Crippen molar-refractivity contribution >= 4 is 6.03 Å². The summed E-state index contributed by atoms with van der Waals surface area (Å²) in [7, 11) is 0. The van der Waals surface area contributed by atoms with Gasteiger partial charge in [0.15, 0.2) is 0 Å². The van der Waals surface area contributed by atoms with Crippen molar-refractivity contribution in [3.8, 4) is 0 Å². The normalized spacial score (nSPS) is 15.8. The van der Waals surface area contributed by atoms with Crippen LogP contribution < -0.4 is 5.32 Å². The number of H-pyrrole nitrogens is 1. The smallest absolute Gasteiger partial charge is 0.317 e. The number of aromatic nitrogens is 2. The number of amides is 2. The summed E-state index contributed by atoms with van der Waals surface area (Å²) >= 11 is 0. The summed E-state index contributed by atoms with van der Waals surface area (Å²) in [5.41, 5.74) is 2.11. The topological polar surface area (TPSA) is 64.3 Å². The maximum atomic E-state index is 13.0. The van der Waals surface area contributed by atoms with E-state index in [-0.39, 0.29) is 11.8 Å². The number of hydrogen-bond donors (Lipinski definition) is 2. The van der Waals surface area contributed by atoms with Gasteiger partial charge in [0, 0.05) is 57.6 Å². The standard InChI is InChI=1S/C18H24FN5O/c19-16-4-2-15(3-5-16)13-23-8-1-9-24(11-10-23)18(25)21-7-6-17-12-20-14-22-17/h2-5,12,14H,1,6-11,13H2,(H,20,22)(H,21,25). The minimum Gasteiger partial charge on any atom is -0.348 e. The monoisotopic (exact) mass is 345 g/mol. The molecule has 1 aliphatic heterocycles. The van der Waals surface area contributed by atoms with Gasteiger partial charge in [0.25, 0.3) is 0 Å². The summed E-state index contributed by atoms with van der Waals surface area (Å²) in [6.07, 6.45) is 5.10. The van der Waals surface area contributed by atoms with Gasteiger partial charge in [-0.15, -0.1) is 0 Å². The van der Waals surface area contributed by atoms with Gasteiger partial charge in [-0.2, -0.15) is 0 Å². The van der Waals surface area contributed by atoms with E-state index in [9.17, 15) is 9.18 Å². The molecule has 1 fully saturated rings. The number of aromatic amines is 1. The van der Waals surface area contributed by atoms with Gasteiger partial charge >= 0.3 is 6.03 Å². The maximum Gasteiger partial charge on any atom is 0.317 e. The Labute approximate surface area is 147 Å². The molecule has 0 saturated carbocycles.